The number of nitrogens with zero attached hydrogens (tertiary/aromatic N) is 3. The van der Waals surface area contributed by atoms with Crippen molar-refractivity contribution in [2.45, 2.75) is 38.1 Å². The molecule has 3 aliphatic heterocycles. The second-order valence-electron chi connectivity index (χ2n) is 8.15. The third-order valence-electron chi connectivity index (χ3n) is 6.53. The van der Waals surface area contributed by atoms with E-state index in [2.05, 4.69) is 15.1 Å². The molecule has 3 heterocycles. The number of carbonyl (C=O) groups is 1. The summed E-state index contributed by atoms with van der Waals surface area (Å²) in [6.45, 7) is 6.18. The zero-order chi connectivity index (χ0) is 18.6. The number of carbonyl (C=O) groups excluding carboxylic acids is 1. The lowest BCUT2D eigenvalue weighted by Gasteiger charge is -2.44. The summed E-state index contributed by atoms with van der Waals surface area (Å²) in [5.74, 6) is 0.912. The SMILES string of the molecule is O=C(NC[C@@H]1CCCN2CCCC[C@H]12)N1CCN(c2ccccc2O)CC1. The smallest absolute Gasteiger partial charge is 0.317 e. The number of rotatable bonds is 3. The molecule has 148 valence electrons. The fourth-order valence-electron chi connectivity index (χ4n) is 5.03. The molecule has 1 aromatic carbocycles. The molecular formula is C21H32N4O2. The summed E-state index contributed by atoms with van der Waals surface area (Å²) in [5.41, 5.74) is 0.858. The van der Waals surface area contributed by atoms with Crippen LogP contribution < -0.4 is 10.2 Å². The van der Waals surface area contributed by atoms with E-state index in [0.29, 0.717) is 30.8 Å². The second-order valence-corrected chi connectivity index (χ2v) is 8.15. The van der Waals surface area contributed by atoms with Crippen molar-refractivity contribution in [2.24, 2.45) is 5.92 Å². The minimum atomic E-state index is 0.0693. The monoisotopic (exact) mass is 372 g/mol. The van der Waals surface area contributed by atoms with Crippen molar-refractivity contribution in [3.05, 3.63) is 24.3 Å². The lowest BCUT2D eigenvalue weighted by atomic mass is 9.83. The van der Waals surface area contributed by atoms with Gasteiger partial charge in [-0.05, 0) is 56.8 Å². The molecule has 0 aliphatic carbocycles. The van der Waals surface area contributed by atoms with Gasteiger partial charge in [0.2, 0.25) is 0 Å². The third-order valence-corrected chi connectivity index (χ3v) is 6.53. The van der Waals surface area contributed by atoms with Gasteiger partial charge in [-0.1, -0.05) is 18.6 Å². The van der Waals surface area contributed by atoms with Gasteiger partial charge in [0.25, 0.3) is 0 Å². The van der Waals surface area contributed by atoms with Crippen molar-refractivity contribution in [3.8, 4) is 5.75 Å². The lowest BCUT2D eigenvalue weighted by Crippen LogP contribution is -2.54. The van der Waals surface area contributed by atoms with Crippen LogP contribution in [0.5, 0.6) is 5.75 Å². The summed E-state index contributed by atoms with van der Waals surface area (Å²) in [7, 11) is 0. The number of piperidine rings is 2. The molecule has 2 amide bonds. The van der Waals surface area contributed by atoms with Gasteiger partial charge in [-0.25, -0.2) is 4.79 Å². The largest absolute Gasteiger partial charge is 0.506 e. The van der Waals surface area contributed by atoms with E-state index < -0.39 is 0 Å². The average molecular weight is 373 g/mol. The van der Waals surface area contributed by atoms with Crippen LogP contribution in [0.15, 0.2) is 24.3 Å². The number of hydrogen-bond acceptors (Lipinski definition) is 4. The van der Waals surface area contributed by atoms with Gasteiger partial charge in [-0.3, -0.25) is 0 Å². The molecule has 0 radical (unpaired) electrons. The number of urea groups is 1. The van der Waals surface area contributed by atoms with Gasteiger partial charge in [0.15, 0.2) is 0 Å². The standard InChI is InChI=1S/C21H32N4O2/c26-20-9-2-1-8-19(20)24-12-14-25(15-13-24)21(27)22-16-17-6-5-11-23-10-4-3-7-18(17)23/h1-2,8-9,17-18,26H,3-7,10-16H2,(H,22,27)/t17-,18+/m0/s1. The Balaban J connectivity index is 1.25. The molecule has 1 aromatic rings. The minimum Gasteiger partial charge on any atom is -0.506 e. The van der Waals surface area contributed by atoms with Gasteiger partial charge in [0, 0.05) is 38.8 Å². The molecule has 3 aliphatic rings. The Labute approximate surface area is 162 Å². The summed E-state index contributed by atoms with van der Waals surface area (Å²) in [5, 5.41) is 13.2. The topological polar surface area (TPSA) is 59.1 Å². The predicted molar refractivity (Wildman–Crippen MR) is 107 cm³/mol. The number of phenols is 1. The van der Waals surface area contributed by atoms with Gasteiger partial charge >= 0.3 is 6.03 Å². The minimum absolute atomic E-state index is 0.0693. The molecule has 6 nitrogen and oxygen atoms in total. The fourth-order valence-corrected chi connectivity index (χ4v) is 5.03. The number of amides is 2. The molecule has 4 rings (SSSR count). The number of hydrogen-bond donors (Lipinski definition) is 2. The quantitative estimate of drug-likeness (QED) is 0.856. The number of para-hydroxylation sites is 2. The van der Waals surface area contributed by atoms with E-state index >= 15 is 0 Å². The molecule has 3 saturated heterocycles. The zero-order valence-electron chi connectivity index (χ0n) is 16.1. The Hall–Kier alpha value is -1.95. The molecule has 2 atom stereocenters. The first-order valence-electron chi connectivity index (χ1n) is 10.5. The summed E-state index contributed by atoms with van der Waals surface area (Å²) < 4.78 is 0. The number of phenolic OH excluding ortho intramolecular Hbond substituents is 1. The molecule has 2 N–H and O–H groups in total. The summed E-state index contributed by atoms with van der Waals surface area (Å²) in [4.78, 5) is 19.4. The molecule has 0 unspecified atom stereocenters. The second kappa shape index (κ2) is 8.38. The van der Waals surface area contributed by atoms with Crippen molar-refractivity contribution < 1.29 is 9.90 Å². The van der Waals surface area contributed by atoms with E-state index in [1.165, 1.54) is 45.2 Å². The van der Waals surface area contributed by atoms with Gasteiger partial charge in [0.05, 0.1) is 5.69 Å². The maximum Gasteiger partial charge on any atom is 0.317 e. The molecule has 0 bridgehead atoms. The first-order valence-corrected chi connectivity index (χ1v) is 10.5. The lowest BCUT2D eigenvalue weighted by molar-refractivity contribution is 0.0597. The Bertz CT molecular complexity index is 643. The Morgan fingerprint density at radius 2 is 1.78 bits per heavy atom. The molecule has 3 fully saturated rings. The van der Waals surface area contributed by atoms with E-state index in [-0.39, 0.29) is 6.03 Å². The van der Waals surface area contributed by atoms with Crippen LogP contribution in [-0.4, -0.2) is 72.8 Å². The number of aromatic hydroxyl groups is 1. The Kier molecular flexibility index (Phi) is 5.72. The van der Waals surface area contributed by atoms with Crippen LogP contribution in [0.3, 0.4) is 0 Å². The van der Waals surface area contributed by atoms with Crippen LogP contribution in [0.25, 0.3) is 0 Å². The summed E-state index contributed by atoms with van der Waals surface area (Å²) in [6.07, 6.45) is 6.45. The van der Waals surface area contributed by atoms with Crippen LogP contribution in [0.2, 0.25) is 0 Å². The number of anilines is 1. The number of benzene rings is 1. The van der Waals surface area contributed by atoms with E-state index in [1.807, 2.05) is 23.1 Å². The molecular weight excluding hydrogens is 340 g/mol. The number of piperazine rings is 1. The van der Waals surface area contributed by atoms with Crippen LogP contribution in [0.4, 0.5) is 10.5 Å². The Morgan fingerprint density at radius 1 is 1.00 bits per heavy atom. The molecule has 0 saturated carbocycles. The van der Waals surface area contributed by atoms with Gasteiger partial charge in [-0.2, -0.15) is 0 Å². The summed E-state index contributed by atoms with van der Waals surface area (Å²) in [6, 6.07) is 8.16. The van der Waals surface area contributed by atoms with Gasteiger partial charge < -0.3 is 25.1 Å². The van der Waals surface area contributed by atoms with Crippen molar-refractivity contribution in [2.75, 3.05) is 50.7 Å². The highest BCUT2D eigenvalue weighted by Crippen LogP contribution is 2.30. The van der Waals surface area contributed by atoms with Crippen molar-refractivity contribution >= 4 is 11.7 Å². The Morgan fingerprint density at radius 3 is 2.59 bits per heavy atom. The molecule has 0 aromatic heterocycles. The van der Waals surface area contributed by atoms with Gasteiger partial charge in [0.1, 0.15) is 5.75 Å². The summed E-state index contributed by atoms with van der Waals surface area (Å²) >= 11 is 0. The molecule has 0 spiro atoms. The zero-order valence-corrected chi connectivity index (χ0v) is 16.1. The average Bonchev–Trinajstić information content (AvgIpc) is 2.72. The van der Waals surface area contributed by atoms with Crippen LogP contribution in [-0.2, 0) is 0 Å². The molecule has 27 heavy (non-hydrogen) atoms. The predicted octanol–water partition coefficient (Wildman–Crippen LogP) is 2.49. The van der Waals surface area contributed by atoms with Crippen LogP contribution in [0.1, 0.15) is 32.1 Å². The highest BCUT2D eigenvalue weighted by molar-refractivity contribution is 5.74. The first kappa shape index (κ1) is 18.4. The van der Waals surface area contributed by atoms with Crippen LogP contribution in [0, 0.1) is 5.92 Å². The highest BCUT2D eigenvalue weighted by Gasteiger charge is 2.33. The van der Waals surface area contributed by atoms with E-state index in [9.17, 15) is 9.90 Å². The maximum absolute atomic E-state index is 12.6. The van der Waals surface area contributed by atoms with Crippen molar-refractivity contribution in [1.29, 1.82) is 0 Å². The fraction of sp³-hybridized carbons (Fsp3) is 0.667. The van der Waals surface area contributed by atoms with E-state index in [4.69, 9.17) is 0 Å². The van der Waals surface area contributed by atoms with Gasteiger partial charge in [-0.15, -0.1) is 0 Å². The normalized spacial score (nSPS) is 26.5. The highest BCUT2D eigenvalue weighted by atomic mass is 16.3. The number of fused-ring (bicyclic) bond motifs is 1. The van der Waals surface area contributed by atoms with Crippen molar-refractivity contribution in [3.63, 3.8) is 0 Å². The molecule has 6 heteroatoms. The first-order chi connectivity index (χ1) is 13.2. The van der Waals surface area contributed by atoms with E-state index in [1.54, 1.807) is 6.07 Å². The number of nitrogens with one attached hydrogen (secondary N) is 1. The third kappa shape index (κ3) is 4.15. The maximum atomic E-state index is 12.6. The van der Waals surface area contributed by atoms with Crippen LogP contribution >= 0.6 is 0 Å². The van der Waals surface area contributed by atoms with E-state index in [0.717, 1.165) is 25.3 Å². The van der Waals surface area contributed by atoms with Crippen molar-refractivity contribution in [1.82, 2.24) is 15.1 Å².